The third-order valence-electron chi connectivity index (χ3n) is 8.30. The molecule has 2 aromatic carbocycles. The second-order valence-electron chi connectivity index (χ2n) is 10.9. The Morgan fingerprint density at radius 3 is 1.36 bits per heavy atom. The minimum Gasteiger partial charge on any atom is -0.493 e. The van der Waals surface area contributed by atoms with Gasteiger partial charge in [0.15, 0.2) is 0 Å². The van der Waals surface area contributed by atoms with Crippen molar-refractivity contribution in [2.75, 3.05) is 39.6 Å². The first-order valence-corrected chi connectivity index (χ1v) is 13.0. The maximum Gasteiger partial charge on any atom is 0.457 e. The minimum atomic E-state index is -6.18. The Balaban J connectivity index is 1.78. The molecule has 0 N–H and O–H groups in total. The van der Waals surface area contributed by atoms with Crippen LogP contribution >= 0.6 is 0 Å². The van der Waals surface area contributed by atoms with Gasteiger partial charge in [-0.2, -0.15) is 22.0 Å². The summed E-state index contributed by atoms with van der Waals surface area (Å²) in [5.74, 6) is -5.70. The molecule has 0 saturated carbocycles. The Bertz CT molecular complexity index is 1080. The van der Waals surface area contributed by atoms with E-state index in [1.165, 1.54) is 38.1 Å². The van der Waals surface area contributed by atoms with E-state index in [4.69, 9.17) is 18.9 Å². The van der Waals surface area contributed by atoms with Crippen LogP contribution in [0.25, 0.3) is 0 Å². The predicted octanol–water partition coefficient (Wildman–Crippen LogP) is 7.32. The zero-order valence-corrected chi connectivity index (χ0v) is 22.5. The van der Waals surface area contributed by atoms with E-state index in [0.29, 0.717) is 26.4 Å². The third-order valence-corrected chi connectivity index (χ3v) is 8.30. The summed E-state index contributed by atoms with van der Waals surface area (Å²) in [5, 5.41) is 0. The lowest BCUT2D eigenvalue weighted by Crippen LogP contribution is -2.53. The van der Waals surface area contributed by atoms with Gasteiger partial charge in [0.1, 0.15) is 11.5 Å². The van der Waals surface area contributed by atoms with Crippen LogP contribution in [0.1, 0.15) is 48.9 Å². The largest absolute Gasteiger partial charge is 0.493 e. The molecule has 39 heavy (non-hydrogen) atoms. The van der Waals surface area contributed by atoms with Gasteiger partial charge in [0.2, 0.25) is 5.67 Å². The lowest BCUT2D eigenvalue weighted by Gasteiger charge is -2.41. The quantitative estimate of drug-likeness (QED) is 0.270. The Hall–Kier alpha value is -2.46. The fraction of sp³-hybridized carbons (Fsp3) is 0.586. The van der Waals surface area contributed by atoms with E-state index >= 15 is 13.2 Å². The molecule has 0 unspecified atom stereocenters. The zero-order chi connectivity index (χ0) is 28.7. The van der Waals surface area contributed by atoms with E-state index in [1.54, 1.807) is 0 Å². The highest BCUT2D eigenvalue weighted by molar-refractivity contribution is 5.53. The van der Waals surface area contributed by atoms with Gasteiger partial charge in [-0.3, -0.25) is 0 Å². The molecular weight excluding hydrogens is 526 g/mol. The van der Waals surface area contributed by atoms with Crippen molar-refractivity contribution in [2.24, 2.45) is 10.8 Å². The smallest absolute Gasteiger partial charge is 0.457 e. The summed E-state index contributed by atoms with van der Waals surface area (Å²) < 4.78 is 112. The van der Waals surface area contributed by atoms with Crippen LogP contribution in [-0.4, -0.2) is 51.7 Å². The highest BCUT2D eigenvalue weighted by Gasteiger charge is 2.73. The first-order chi connectivity index (χ1) is 18.3. The highest BCUT2D eigenvalue weighted by atomic mass is 19.4. The molecule has 10 heteroatoms. The van der Waals surface area contributed by atoms with Gasteiger partial charge in [0.25, 0.3) is 0 Å². The van der Waals surface area contributed by atoms with Crippen molar-refractivity contribution in [3.63, 3.8) is 0 Å². The molecule has 4 rings (SSSR count). The van der Waals surface area contributed by atoms with Crippen molar-refractivity contribution >= 4 is 0 Å². The van der Waals surface area contributed by atoms with Gasteiger partial charge < -0.3 is 18.9 Å². The van der Waals surface area contributed by atoms with E-state index in [9.17, 15) is 13.2 Å². The monoisotopic (exact) mass is 560 g/mol. The lowest BCUT2D eigenvalue weighted by atomic mass is 9.78. The summed E-state index contributed by atoms with van der Waals surface area (Å²) in [6.07, 6.45) is -4.73. The number of hydrogen-bond acceptors (Lipinski definition) is 4. The maximum atomic E-state index is 17.0. The Morgan fingerprint density at radius 2 is 1.08 bits per heavy atom. The molecule has 0 amide bonds. The van der Waals surface area contributed by atoms with E-state index in [1.807, 2.05) is 13.8 Å². The van der Waals surface area contributed by atoms with Crippen LogP contribution in [0, 0.1) is 24.7 Å². The number of hydrogen-bond donors (Lipinski definition) is 0. The average Bonchev–Trinajstić information content (AvgIpc) is 2.83. The second-order valence-corrected chi connectivity index (χ2v) is 10.9. The fourth-order valence-corrected chi connectivity index (χ4v) is 4.99. The molecule has 2 aromatic rings. The van der Waals surface area contributed by atoms with Crippen LogP contribution in [0.4, 0.5) is 26.3 Å². The molecule has 0 radical (unpaired) electrons. The van der Waals surface area contributed by atoms with E-state index in [-0.39, 0.29) is 46.7 Å². The van der Waals surface area contributed by atoms with Crippen molar-refractivity contribution < 1.29 is 45.3 Å². The maximum absolute atomic E-state index is 17.0. The topological polar surface area (TPSA) is 36.9 Å². The van der Waals surface area contributed by atoms with Crippen molar-refractivity contribution in [1.29, 1.82) is 0 Å². The number of rotatable bonds is 11. The SMILES string of the molecule is CCC1(COc2cccc(C(F)(c3cccc(OCC4(CC)COC4)c3C)C(F)(F)C(F)(F)F)c2C)COC1. The van der Waals surface area contributed by atoms with E-state index in [0.717, 1.165) is 25.0 Å². The lowest BCUT2D eigenvalue weighted by molar-refractivity contribution is -0.323. The first-order valence-electron chi connectivity index (χ1n) is 13.0. The van der Waals surface area contributed by atoms with Gasteiger partial charge in [-0.1, -0.05) is 38.1 Å². The average molecular weight is 561 g/mol. The highest BCUT2D eigenvalue weighted by Crippen LogP contribution is 2.57. The molecule has 0 spiro atoms. The first kappa shape index (κ1) is 29.5. The number of alkyl halides is 6. The number of benzene rings is 2. The van der Waals surface area contributed by atoms with Gasteiger partial charge >= 0.3 is 12.1 Å². The Kier molecular flexibility index (Phi) is 7.95. The molecule has 2 fully saturated rings. The van der Waals surface area contributed by atoms with Crippen molar-refractivity contribution in [1.82, 2.24) is 0 Å². The summed E-state index contributed by atoms with van der Waals surface area (Å²) in [4.78, 5) is 0. The van der Waals surface area contributed by atoms with Gasteiger partial charge in [-0.05, 0) is 49.9 Å². The van der Waals surface area contributed by atoms with Crippen molar-refractivity contribution in [3.8, 4) is 11.5 Å². The summed E-state index contributed by atoms with van der Waals surface area (Å²) >= 11 is 0. The normalized spacial score (nSPS) is 18.7. The molecule has 4 nitrogen and oxygen atoms in total. The molecule has 2 heterocycles. The number of ether oxygens (including phenoxy) is 4. The molecule has 216 valence electrons. The minimum absolute atomic E-state index is 0.0344. The Labute approximate surface area is 224 Å². The predicted molar refractivity (Wildman–Crippen MR) is 133 cm³/mol. The number of halogens is 6. The van der Waals surface area contributed by atoms with Crippen molar-refractivity contribution in [3.05, 3.63) is 58.7 Å². The summed E-state index contributed by atoms with van der Waals surface area (Å²) in [6, 6.07) is 7.23. The molecular formula is C29H34F6O4. The molecule has 2 aliphatic heterocycles. The van der Waals surface area contributed by atoms with E-state index in [2.05, 4.69) is 0 Å². The molecule has 0 atom stereocenters. The summed E-state index contributed by atoms with van der Waals surface area (Å²) in [7, 11) is 0. The van der Waals surface area contributed by atoms with Crippen LogP contribution in [0.3, 0.4) is 0 Å². The van der Waals surface area contributed by atoms with Crippen LogP contribution in [0.5, 0.6) is 11.5 Å². The van der Waals surface area contributed by atoms with Crippen LogP contribution in [-0.2, 0) is 15.1 Å². The van der Waals surface area contributed by atoms with Gasteiger partial charge in [0, 0.05) is 11.1 Å². The van der Waals surface area contributed by atoms with Gasteiger partial charge in [-0.25, -0.2) is 4.39 Å². The Morgan fingerprint density at radius 1 is 0.692 bits per heavy atom. The van der Waals surface area contributed by atoms with Crippen LogP contribution < -0.4 is 9.47 Å². The molecule has 0 aliphatic carbocycles. The molecule has 0 aromatic heterocycles. The van der Waals surface area contributed by atoms with Crippen molar-refractivity contribution in [2.45, 2.75) is 58.3 Å². The summed E-state index contributed by atoms with van der Waals surface area (Å²) in [5.41, 5.74) is -6.76. The standard InChI is InChI=1S/C29H34F6O4/c1-5-25(13-36-14-25)17-38-23-11-7-9-21(19(23)3)27(30,28(31,32)29(33,34)35)22-10-8-12-24(20(22)4)39-18-26(6-2)15-37-16-26/h7-12H,5-6,13-18H2,1-4H3. The zero-order valence-electron chi connectivity index (χ0n) is 22.5. The third kappa shape index (κ3) is 4.99. The van der Waals surface area contributed by atoms with Gasteiger partial charge in [-0.15, -0.1) is 0 Å². The fourth-order valence-electron chi connectivity index (χ4n) is 4.99. The second kappa shape index (κ2) is 10.5. The van der Waals surface area contributed by atoms with Crippen LogP contribution in [0.2, 0.25) is 0 Å². The molecule has 2 aliphatic rings. The summed E-state index contributed by atoms with van der Waals surface area (Å²) in [6.45, 7) is 8.57. The molecule has 2 saturated heterocycles. The molecule has 0 bridgehead atoms. The van der Waals surface area contributed by atoms with Crippen LogP contribution in [0.15, 0.2) is 36.4 Å². The van der Waals surface area contributed by atoms with E-state index < -0.39 is 28.9 Å². The van der Waals surface area contributed by atoms with Gasteiger partial charge in [0.05, 0.1) is 50.5 Å².